The van der Waals surface area contributed by atoms with E-state index in [0.717, 1.165) is 5.56 Å². The number of ether oxygens (including phenoxy) is 2. The Morgan fingerprint density at radius 2 is 1.62 bits per heavy atom. The Labute approximate surface area is 97.6 Å². The SMILES string of the molecule is CCOC(C)(OCC)C(N)c1ccccc1. The van der Waals surface area contributed by atoms with Crippen LogP contribution in [0.2, 0.25) is 0 Å². The molecule has 0 saturated heterocycles. The Bertz CT molecular complexity index is 294. The summed E-state index contributed by atoms with van der Waals surface area (Å²) in [6.07, 6.45) is 0. The normalized spacial score (nSPS) is 13.8. The Kier molecular flexibility index (Phi) is 4.93. The first-order valence-electron chi connectivity index (χ1n) is 5.72. The van der Waals surface area contributed by atoms with Gasteiger partial charge in [-0.1, -0.05) is 30.3 Å². The molecule has 0 heterocycles. The molecule has 1 aromatic rings. The number of hydrogen-bond donors (Lipinski definition) is 1. The summed E-state index contributed by atoms with van der Waals surface area (Å²) in [6, 6.07) is 9.59. The molecule has 0 radical (unpaired) electrons. The summed E-state index contributed by atoms with van der Waals surface area (Å²) in [6.45, 7) is 6.93. The predicted octanol–water partition coefficient (Wildman–Crippen LogP) is 2.48. The summed E-state index contributed by atoms with van der Waals surface area (Å²) < 4.78 is 11.3. The van der Waals surface area contributed by atoms with Gasteiger partial charge in [-0.3, -0.25) is 0 Å². The van der Waals surface area contributed by atoms with Crippen LogP contribution in [0, 0.1) is 0 Å². The third-order valence-corrected chi connectivity index (χ3v) is 2.59. The van der Waals surface area contributed by atoms with Gasteiger partial charge in [0.05, 0.1) is 6.04 Å². The standard InChI is InChI=1S/C13H21NO2/c1-4-15-13(3,16-5-2)12(14)11-9-7-6-8-10-11/h6-10,12H,4-5,14H2,1-3H3. The second-order valence-electron chi connectivity index (χ2n) is 3.77. The van der Waals surface area contributed by atoms with Crippen LogP contribution in [0.25, 0.3) is 0 Å². The van der Waals surface area contributed by atoms with E-state index in [1.165, 1.54) is 0 Å². The quantitative estimate of drug-likeness (QED) is 0.753. The molecule has 0 aromatic heterocycles. The van der Waals surface area contributed by atoms with E-state index in [1.54, 1.807) is 0 Å². The summed E-state index contributed by atoms with van der Waals surface area (Å²) in [5.74, 6) is -0.759. The average molecular weight is 223 g/mol. The van der Waals surface area contributed by atoms with E-state index < -0.39 is 5.79 Å². The van der Waals surface area contributed by atoms with Crippen molar-refractivity contribution in [1.29, 1.82) is 0 Å². The highest BCUT2D eigenvalue weighted by atomic mass is 16.7. The first-order chi connectivity index (χ1) is 7.64. The van der Waals surface area contributed by atoms with E-state index >= 15 is 0 Å². The first-order valence-corrected chi connectivity index (χ1v) is 5.72. The molecule has 1 aromatic carbocycles. The number of rotatable bonds is 6. The maximum Gasteiger partial charge on any atom is 0.184 e. The van der Waals surface area contributed by atoms with Crippen LogP contribution in [0.3, 0.4) is 0 Å². The lowest BCUT2D eigenvalue weighted by Crippen LogP contribution is -2.43. The topological polar surface area (TPSA) is 44.5 Å². The molecule has 1 unspecified atom stereocenters. The van der Waals surface area contributed by atoms with Gasteiger partial charge in [-0.15, -0.1) is 0 Å². The van der Waals surface area contributed by atoms with Crippen molar-refractivity contribution in [2.75, 3.05) is 13.2 Å². The highest BCUT2D eigenvalue weighted by molar-refractivity contribution is 5.20. The van der Waals surface area contributed by atoms with Gasteiger partial charge in [-0.05, 0) is 26.3 Å². The van der Waals surface area contributed by atoms with Gasteiger partial charge in [0, 0.05) is 13.2 Å². The third kappa shape index (κ3) is 3.04. The van der Waals surface area contributed by atoms with Crippen molar-refractivity contribution >= 4 is 0 Å². The minimum atomic E-state index is -0.759. The van der Waals surface area contributed by atoms with Crippen molar-refractivity contribution in [3.05, 3.63) is 35.9 Å². The zero-order valence-corrected chi connectivity index (χ0v) is 10.3. The molecule has 0 spiro atoms. The summed E-state index contributed by atoms with van der Waals surface area (Å²) in [7, 11) is 0. The molecule has 3 heteroatoms. The molecule has 16 heavy (non-hydrogen) atoms. The van der Waals surface area contributed by atoms with Crippen LogP contribution in [0.15, 0.2) is 30.3 Å². The molecule has 90 valence electrons. The Hall–Kier alpha value is -0.900. The van der Waals surface area contributed by atoms with Crippen molar-refractivity contribution in [3.8, 4) is 0 Å². The van der Waals surface area contributed by atoms with E-state index in [1.807, 2.05) is 51.1 Å². The van der Waals surface area contributed by atoms with Gasteiger partial charge in [0.15, 0.2) is 5.79 Å². The number of nitrogens with two attached hydrogens (primary N) is 1. The first kappa shape index (κ1) is 13.2. The fraction of sp³-hybridized carbons (Fsp3) is 0.538. The lowest BCUT2D eigenvalue weighted by molar-refractivity contribution is -0.234. The van der Waals surface area contributed by atoms with Crippen molar-refractivity contribution in [3.63, 3.8) is 0 Å². The van der Waals surface area contributed by atoms with Crippen LogP contribution < -0.4 is 5.73 Å². The zero-order valence-electron chi connectivity index (χ0n) is 10.3. The van der Waals surface area contributed by atoms with Gasteiger partial charge < -0.3 is 15.2 Å². The molecule has 0 bridgehead atoms. The fourth-order valence-electron chi connectivity index (χ4n) is 1.76. The molecule has 1 rings (SSSR count). The van der Waals surface area contributed by atoms with Gasteiger partial charge in [-0.25, -0.2) is 0 Å². The largest absolute Gasteiger partial charge is 0.349 e. The molecule has 0 aliphatic rings. The van der Waals surface area contributed by atoms with E-state index in [0.29, 0.717) is 13.2 Å². The highest BCUT2D eigenvalue weighted by Gasteiger charge is 2.34. The molecule has 2 N–H and O–H groups in total. The Morgan fingerprint density at radius 3 is 2.06 bits per heavy atom. The van der Waals surface area contributed by atoms with Gasteiger partial charge in [-0.2, -0.15) is 0 Å². The second-order valence-corrected chi connectivity index (χ2v) is 3.77. The van der Waals surface area contributed by atoms with Crippen molar-refractivity contribution in [2.24, 2.45) is 5.73 Å². The molecule has 0 aliphatic carbocycles. The molecular weight excluding hydrogens is 202 g/mol. The molecule has 3 nitrogen and oxygen atoms in total. The summed E-state index contributed by atoms with van der Waals surface area (Å²) >= 11 is 0. The van der Waals surface area contributed by atoms with Gasteiger partial charge in [0.2, 0.25) is 0 Å². The monoisotopic (exact) mass is 223 g/mol. The molecular formula is C13H21NO2. The highest BCUT2D eigenvalue weighted by Crippen LogP contribution is 2.28. The van der Waals surface area contributed by atoms with E-state index in [-0.39, 0.29) is 6.04 Å². The predicted molar refractivity (Wildman–Crippen MR) is 65.0 cm³/mol. The smallest absolute Gasteiger partial charge is 0.184 e. The second kappa shape index (κ2) is 5.99. The van der Waals surface area contributed by atoms with E-state index in [2.05, 4.69) is 0 Å². The summed E-state index contributed by atoms with van der Waals surface area (Å²) in [5.41, 5.74) is 7.22. The third-order valence-electron chi connectivity index (χ3n) is 2.59. The van der Waals surface area contributed by atoms with Crippen molar-refractivity contribution in [2.45, 2.75) is 32.6 Å². The lowest BCUT2D eigenvalue weighted by Gasteiger charge is -2.34. The van der Waals surface area contributed by atoms with Crippen LogP contribution in [0.4, 0.5) is 0 Å². The number of benzene rings is 1. The molecule has 0 saturated carbocycles. The Morgan fingerprint density at radius 1 is 1.12 bits per heavy atom. The summed E-state index contributed by atoms with van der Waals surface area (Å²) in [4.78, 5) is 0. The fourth-order valence-corrected chi connectivity index (χ4v) is 1.76. The molecule has 0 aliphatic heterocycles. The zero-order chi connectivity index (χ0) is 12.0. The van der Waals surface area contributed by atoms with E-state index in [9.17, 15) is 0 Å². The van der Waals surface area contributed by atoms with E-state index in [4.69, 9.17) is 15.2 Å². The van der Waals surface area contributed by atoms with Gasteiger partial charge >= 0.3 is 0 Å². The van der Waals surface area contributed by atoms with Crippen molar-refractivity contribution in [1.82, 2.24) is 0 Å². The van der Waals surface area contributed by atoms with Gasteiger partial charge in [0.1, 0.15) is 0 Å². The molecule has 0 fully saturated rings. The maximum atomic E-state index is 6.20. The Balaban J connectivity index is 2.86. The average Bonchev–Trinajstić information content (AvgIpc) is 2.30. The van der Waals surface area contributed by atoms with Crippen LogP contribution in [-0.2, 0) is 9.47 Å². The van der Waals surface area contributed by atoms with Crippen LogP contribution in [-0.4, -0.2) is 19.0 Å². The van der Waals surface area contributed by atoms with Crippen LogP contribution in [0.1, 0.15) is 32.4 Å². The lowest BCUT2D eigenvalue weighted by atomic mass is 10.0. The van der Waals surface area contributed by atoms with Crippen LogP contribution >= 0.6 is 0 Å². The minimum absolute atomic E-state index is 0.284. The van der Waals surface area contributed by atoms with Crippen molar-refractivity contribution < 1.29 is 9.47 Å². The summed E-state index contributed by atoms with van der Waals surface area (Å²) in [5, 5.41) is 0. The molecule has 0 amide bonds. The minimum Gasteiger partial charge on any atom is -0.349 e. The van der Waals surface area contributed by atoms with Gasteiger partial charge in [0.25, 0.3) is 0 Å². The maximum absolute atomic E-state index is 6.20. The molecule has 1 atom stereocenters. The van der Waals surface area contributed by atoms with Crippen LogP contribution in [0.5, 0.6) is 0 Å². The number of hydrogen-bond acceptors (Lipinski definition) is 3.